The summed E-state index contributed by atoms with van der Waals surface area (Å²) in [6.45, 7) is 0. The predicted molar refractivity (Wildman–Crippen MR) is 223 cm³/mol. The van der Waals surface area contributed by atoms with Crippen LogP contribution in [0.2, 0.25) is 0 Å². The van der Waals surface area contributed by atoms with Crippen LogP contribution in [0.5, 0.6) is 0 Å². The van der Waals surface area contributed by atoms with Gasteiger partial charge in [-0.2, -0.15) is 0 Å². The first-order valence-corrected chi connectivity index (χ1v) is 18.4. The lowest BCUT2D eigenvalue weighted by Gasteiger charge is -2.18. The topological polar surface area (TPSA) is 0 Å². The Morgan fingerprint density at radius 1 is 0.275 bits per heavy atom. The molecule has 0 aliphatic carbocycles. The highest BCUT2D eigenvalue weighted by molar-refractivity contribution is 7.26. The molecule has 0 N–H and O–H groups in total. The maximum atomic E-state index is 2.36. The van der Waals surface area contributed by atoms with E-state index in [0.29, 0.717) is 0 Å². The van der Waals surface area contributed by atoms with Crippen molar-refractivity contribution < 1.29 is 0 Å². The Morgan fingerprint density at radius 2 is 0.765 bits per heavy atom. The third-order valence-electron chi connectivity index (χ3n) is 10.8. The van der Waals surface area contributed by atoms with Gasteiger partial charge in [-0.05, 0) is 105 Å². The molecule has 10 aromatic carbocycles. The Hall–Kier alpha value is -6.28. The molecule has 0 atom stereocenters. The van der Waals surface area contributed by atoms with Crippen LogP contribution in [0.3, 0.4) is 0 Å². The molecular formula is C50H30S. The second kappa shape index (κ2) is 11.1. The molecule has 0 unspecified atom stereocenters. The third kappa shape index (κ3) is 4.39. The maximum absolute atomic E-state index is 2.36. The van der Waals surface area contributed by atoms with E-state index >= 15 is 0 Å². The number of rotatable bonds is 3. The van der Waals surface area contributed by atoms with Crippen molar-refractivity contribution in [2.24, 2.45) is 0 Å². The van der Waals surface area contributed by atoms with Crippen LogP contribution in [0.15, 0.2) is 182 Å². The molecule has 236 valence electrons. The van der Waals surface area contributed by atoms with Crippen molar-refractivity contribution in [3.63, 3.8) is 0 Å². The Morgan fingerprint density at radius 3 is 1.49 bits per heavy atom. The minimum Gasteiger partial charge on any atom is -0.135 e. The molecule has 0 spiro atoms. The molecule has 0 bridgehead atoms. The minimum absolute atomic E-state index is 1.23. The zero-order chi connectivity index (χ0) is 33.5. The van der Waals surface area contributed by atoms with Crippen LogP contribution in [0.4, 0.5) is 0 Å². The average molecular weight is 663 g/mol. The molecule has 0 nitrogen and oxygen atoms in total. The van der Waals surface area contributed by atoms with Crippen molar-refractivity contribution in [1.29, 1.82) is 0 Å². The fourth-order valence-electron chi connectivity index (χ4n) is 8.44. The second-order valence-electron chi connectivity index (χ2n) is 13.6. The van der Waals surface area contributed by atoms with Crippen LogP contribution in [0, 0.1) is 0 Å². The van der Waals surface area contributed by atoms with E-state index in [1.165, 1.54) is 107 Å². The van der Waals surface area contributed by atoms with Crippen LogP contribution < -0.4 is 0 Å². The molecular weight excluding hydrogens is 633 g/mol. The monoisotopic (exact) mass is 662 g/mol. The van der Waals surface area contributed by atoms with Gasteiger partial charge in [-0.1, -0.05) is 164 Å². The van der Waals surface area contributed by atoms with Gasteiger partial charge in [0, 0.05) is 20.2 Å². The van der Waals surface area contributed by atoms with Gasteiger partial charge in [0.25, 0.3) is 0 Å². The molecule has 0 aliphatic rings. The van der Waals surface area contributed by atoms with E-state index in [1.54, 1.807) is 0 Å². The minimum atomic E-state index is 1.23. The number of thiophene rings is 1. The van der Waals surface area contributed by atoms with Crippen LogP contribution >= 0.6 is 11.3 Å². The van der Waals surface area contributed by atoms with Crippen molar-refractivity contribution >= 4 is 85.4 Å². The molecule has 11 rings (SSSR count). The first-order valence-electron chi connectivity index (χ1n) is 17.6. The quantitative estimate of drug-likeness (QED) is 0.165. The fraction of sp³-hybridized carbons (Fsp3) is 0. The van der Waals surface area contributed by atoms with E-state index in [9.17, 15) is 0 Å². The van der Waals surface area contributed by atoms with Crippen LogP contribution in [0.1, 0.15) is 0 Å². The molecule has 0 saturated carbocycles. The molecule has 0 aliphatic heterocycles. The van der Waals surface area contributed by atoms with Gasteiger partial charge in [0.05, 0.1) is 0 Å². The van der Waals surface area contributed by atoms with Crippen LogP contribution in [-0.2, 0) is 0 Å². The lowest BCUT2D eigenvalue weighted by atomic mass is 9.85. The first kappa shape index (κ1) is 28.5. The SMILES string of the molecule is c1ccc2cc(-c3c4ccccc4c(-c4ccc(-c5ccc6c(ccc7c6sc6ccc8ccccc8c67)c5)cc4)c4ccccc34)ccc2c1. The summed E-state index contributed by atoms with van der Waals surface area (Å²) in [6.07, 6.45) is 0. The smallest absolute Gasteiger partial charge is 0.0434 e. The predicted octanol–water partition coefficient (Wildman–Crippen LogP) is 14.8. The number of hydrogen-bond acceptors (Lipinski definition) is 1. The summed E-state index contributed by atoms with van der Waals surface area (Å²) in [6, 6.07) is 67.4. The molecule has 51 heavy (non-hydrogen) atoms. The third-order valence-corrected chi connectivity index (χ3v) is 12.0. The fourth-order valence-corrected chi connectivity index (χ4v) is 9.69. The summed E-state index contributed by atoms with van der Waals surface area (Å²) in [5, 5.41) is 15.6. The Kier molecular flexibility index (Phi) is 6.22. The van der Waals surface area contributed by atoms with Crippen molar-refractivity contribution in [3.05, 3.63) is 182 Å². The lowest BCUT2D eigenvalue weighted by Crippen LogP contribution is -1.91. The normalized spacial score (nSPS) is 11.9. The zero-order valence-electron chi connectivity index (χ0n) is 27.7. The van der Waals surface area contributed by atoms with E-state index in [-0.39, 0.29) is 0 Å². The molecule has 1 heteroatoms. The van der Waals surface area contributed by atoms with Crippen LogP contribution in [-0.4, -0.2) is 0 Å². The molecule has 1 heterocycles. The first-order chi connectivity index (χ1) is 25.3. The zero-order valence-corrected chi connectivity index (χ0v) is 28.5. The van der Waals surface area contributed by atoms with E-state index in [1.807, 2.05) is 11.3 Å². The van der Waals surface area contributed by atoms with Gasteiger partial charge in [0.1, 0.15) is 0 Å². The summed E-state index contributed by atoms with van der Waals surface area (Å²) in [7, 11) is 0. The van der Waals surface area contributed by atoms with E-state index in [4.69, 9.17) is 0 Å². The maximum Gasteiger partial charge on any atom is 0.0434 e. The molecule has 0 saturated heterocycles. The van der Waals surface area contributed by atoms with E-state index in [0.717, 1.165) is 0 Å². The van der Waals surface area contributed by atoms with Crippen molar-refractivity contribution in [1.82, 2.24) is 0 Å². The highest BCUT2D eigenvalue weighted by Gasteiger charge is 2.17. The van der Waals surface area contributed by atoms with Gasteiger partial charge in [-0.15, -0.1) is 11.3 Å². The second-order valence-corrected chi connectivity index (χ2v) is 14.7. The highest BCUT2D eigenvalue weighted by atomic mass is 32.1. The number of fused-ring (bicyclic) bond motifs is 10. The number of benzene rings is 10. The van der Waals surface area contributed by atoms with Crippen LogP contribution in [0.25, 0.3) is 107 Å². The van der Waals surface area contributed by atoms with Gasteiger partial charge in [-0.25, -0.2) is 0 Å². The van der Waals surface area contributed by atoms with Gasteiger partial charge in [0.2, 0.25) is 0 Å². The average Bonchev–Trinajstić information content (AvgIpc) is 3.59. The summed E-state index contributed by atoms with van der Waals surface area (Å²) in [5.41, 5.74) is 7.53. The largest absolute Gasteiger partial charge is 0.135 e. The summed E-state index contributed by atoms with van der Waals surface area (Å²) in [5.74, 6) is 0. The standard InChI is InChI=1S/C50H30S/c1-2-11-35-30-38(22-19-31(35)9-1)48-43-15-7-5-13-41(43)47(42-14-6-8-16-44(42)48)34-20-17-32(18-21-34)36-23-26-40-37(29-36)24-27-45-49-39-12-4-3-10-33(39)25-28-46(49)51-50(40)45/h1-30H. The summed E-state index contributed by atoms with van der Waals surface area (Å²) in [4.78, 5) is 0. The van der Waals surface area contributed by atoms with E-state index in [2.05, 4.69) is 182 Å². The summed E-state index contributed by atoms with van der Waals surface area (Å²) >= 11 is 1.91. The van der Waals surface area contributed by atoms with Gasteiger partial charge < -0.3 is 0 Å². The summed E-state index contributed by atoms with van der Waals surface area (Å²) < 4.78 is 2.72. The Labute approximate surface area is 299 Å². The van der Waals surface area contributed by atoms with Gasteiger partial charge in [-0.3, -0.25) is 0 Å². The van der Waals surface area contributed by atoms with Crippen molar-refractivity contribution in [2.45, 2.75) is 0 Å². The lowest BCUT2D eigenvalue weighted by molar-refractivity contribution is 1.63. The number of hydrogen-bond donors (Lipinski definition) is 0. The molecule has 11 aromatic rings. The van der Waals surface area contributed by atoms with E-state index < -0.39 is 0 Å². The van der Waals surface area contributed by atoms with Crippen molar-refractivity contribution in [2.75, 3.05) is 0 Å². The van der Waals surface area contributed by atoms with Crippen molar-refractivity contribution in [3.8, 4) is 33.4 Å². The molecule has 1 aromatic heterocycles. The Bertz CT molecular complexity index is 3120. The molecule has 0 fully saturated rings. The van der Waals surface area contributed by atoms with Gasteiger partial charge >= 0.3 is 0 Å². The highest BCUT2D eigenvalue weighted by Crippen LogP contribution is 2.45. The molecule has 0 amide bonds. The Balaban J connectivity index is 1.04. The van der Waals surface area contributed by atoms with Gasteiger partial charge in [0.15, 0.2) is 0 Å². The molecule has 0 radical (unpaired) electrons.